The second kappa shape index (κ2) is 8.46. The molecule has 1 rings (SSSR count). The quantitative estimate of drug-likeness (QED) is 0.591. The van der Waals surface area contributed by atoms with Crippen molar-refractivity contribution in [2.45, 2.75) is 6.10 Å². The van der Waals surface area contributed by atoms with Crippen molar-refractivity contribution >= 4 is 17.3 Å². The van der Waals surface area contributed by atoms with E-state index in [9.17, 15) is 9.90 Å². The summed E-state index contributed by atoms with van der Waals surface area (Å²) in [6.07, 6.45) is -0.626. The van der Waals surface area contributed by atoms with Crippen molar-refractivity contribution in [3.05, 3.63) is 18.2 Å². The first-order chi connectivity index (χ1) is 9.96. The van der Waals surface area contributed by atoms with Crippen molar-refractivity contribution in [2.24, 2.45) is 0 Å². The Bertz CT molecular complexity index is 468. The minimum atomic E-state index is -0.626. The Balaban J connectivity index is 2.53. The second-order valence-corrected chi connectivity index (χ2v) is 4.81. The van der Waals surface area contributed by atoms with Crippen LogP contribution >= 0.6 is 0 Å². The first-order valence-electron chi connectivity index (χ1n) is 6.55. The molecule has 0 radical (unpaired) electrons. The van der Waals surface area contributed by atoms with Crippen LogP contribution in [0, 0.1) is 0 Å². The number of rotatable bonds is 8. The summed E-state index contributed by atoms with van der Waals surface area (Å²) in [5.74, 6) is 0.301. The second-order valence-electron chi connectivity index (χ2n) is 4.81. The predicted octanol–water partition coefficient (Wildman–Crippen LogP) is 0.155. The van der Waals surface area contributed by atoms with Crippen LogP contribution in [0.1, 0.15) is 0 Å². The van der Waals surface area contributed by atoms with Crippen LogP contribution in [-0.4, -0.2) is 63.0 Å². The van der Waals surface area contributed by atoms with Crippen LogP contribution in [0.5, 0.6) is 5.75 Å². The zero-order chi connectivity index (χ0) is 15.8. The molecule has 118 valence electrons. The van der Waals surface area contributed by atoms with Crippen LogP contribution in [0.3, 0.4) is 0 Å². The van der Waals surface area contributed by atoms with Gasteiger partial charge in [0.1, 0.15) is 5.75 Å². The molecule has 1 unspecified atom stereocenters. The lowest BCUT2D eigenvalue weighted by molar-refractivity contribution is -0.117. The van der Waals surface area contributed by atoms with Gasteiger partial charge in [-0.05, 0) is 19.2 Å². The van der Waals surface area contributed by atoms with E-state index in [2.05, 4.69) is 5.32 Å². The van der Waals surface area contributed by atoms with Crippen LogP contribution in [0.25, 0.3) is 0 Å². The number of benzene rings is 1. The Kier molecular flexibility index (Phi) is 6.93. The van der Waals surface area contributed by atoms with Gasteiger partial charge in [-0.15, -0.1) is 0 Å². The molecular weight excluding hydrogens is 274 g/mol. The number of amides is 1. The monoisotopic (exact) mass is 297 g/mol. The van der Waals surface area contributed by atoms with Gasteiger partial charge in [-0.1, -0.05) is 0 Å². The molecular formula is C14H23N3O4. The number of methoxy groups -OCH3 is 2. The van der Waals surface area contributed by atoms with Crippen LogP contribution in [0.15, 0.2) is 18.2 Å². The normalized spacial score (nSPS) is 12.2. The Labute approximate surface area is 124 Å². The molecule has 0 spiro atoms. The van der Waals surface area contributed by atoms with Gasteiger partial charge in [-0.3, -0.25) is 9.69 Å². The third-order valence-electron chi connectivity index (χ3n) is 2.79. The number of hydrogen-bond acceptors (Lipinski definition) is 6. The third kappa shape index (κ3) is 5.99. The summed E-state index contributed by atoms with van der Waals surface area (Å²) in [5.41, 5.74) is 6.78. The number of carbonyl (C=O) groups excluding carboxylic acids is 1. The van der Waals surface area contributed by atoms with E-state index in [-0.39, 0.29) is 19.1 Å². The van der Waals surface area contributed by atoms with E-state index in [0.717, 1.165) is 0 Å². The molecule has 7 nitrogen and oxygen atoms in total. The lowest BCUT2D eigenvalue weighted by Gasteiger charge is -2.20. The zero-order valence-corrected chi connectivity index (χ0v) is 12.6. The topological polar surface area (TPSA) is 97.1 Å². The summed E-state index contributed by atoms with van der Waals surface area (Å²) in [5, 5.41) is 12.4. The van der Waals surface area contributed by atoms with Crippen LogP contribution in [0.2, 0.25) is 0 Å². The maximum Gasteiger partial charge on any atom is 0.238 e. The summed E-state index contributed by atoms with van der Waals surface area (Å²) in [6.45, 7) is 0.728. The number of ether oxygens (including phenoxy) is 2. The SMILES string of the molecule is COCC(O)CN(C)CC(=O)Nc1ccc(N)cc1OC. The van der Waals surface area contributed by atoms with E-state index in [1.54, 1.807) is 30.1 Å². The van der Waals surface area contributed by atoms with Crippen molar-refractivity contribution in [3.8, 4) is 5.75 Å². The molecule has 1 aromatic rings. The predicted molar refractivity (Wildman–Crippen MR) is 81.4 cm³/mol. The number of nitrogen functional groups attached to an aromatic ring is 1. The molecule has 1 amide bonds. The summed E-state index contributed by atoms with van der Waals surface area (Å²) in [6, 6.07) is 5.01. The van der Waals surface area contributed by atoms with Gasteiger partial charge in [0.25, 0.3) is 0 Å². The number of aliphatic hydroxyl groups excluding tert-OH is 1. The Hall–Kier alpha value is -1.83. The van der Waals surface area contributed by atoms with Crippen molar-refractivity contribution in [1.29, 1.82) is 0 Å². The molecule has 0 aliphatic heterocycles. The molecule has 0 saturated heterocycles. The maximum atomic E-state index is 12.0. The van der Waals surface area contributed by atoms with Crippen LogP contribution in [0.4, 0.5) is 11.4 Å². The fraction of sp³-hybridized carbons (Fsp3) is 0.500. The smallest absolute Gasteiger partial charge is 0.238 e. The van der Waals surface area contributed by atoms with E-state index in [1.165, 1.54) is 14.2 Å². The number of anilines is 2. The molecule has 0 aliphatic rings. The lowest BCUT2D eigenvalue weighted by atomic mass is 10.2. The maximum absolute atomic E-state index is 12.0. The molecule has 0 aromatic heterocycles. The van der Waals surface area contributed by atoms with Crippen molar-refractivity contribution in [1.82, 2.24) is 4.90 Å². The van der Waals surface area contributed by atoms with Crippen molar-refractivity contribution < 1.29 is 19.4 Å². The highest BCUT2D eigenvalue weighted by Crippen LogP contribution is 2.26. The summed E-state index contributed by atoms with van der Waals surface area (Å²) in [7, 11) is 4.78. The molecule has 0 heterocycles. The van der Waals surface area contributed by atoms with E-state index < -0.39 is 6.10 Å². The average molecular weight is 297 g/mol. The summed E-state index contributed by atoms with van der Waals surface area (Å²) in [4.78, 5) is 13.7. The lowest BCUT2D eigenvalue weighted by Crippen LogP contribution is -2.37. The molecule has 21 heavy (non-hydrogen) atoms. The number of likely N-dealkylation sites (N-methyl/N-ethyl adjacent to an activating group) is 1. The molecule has 0 fully saturated rings. The molecule has 0 saturated carbocycles. The fourth-order valence-corrected chi connectivity index (χ4v) is 1.92. The number of carbonyl (C=O) groups is 1. The average Bonchev–Trinajstić information content (AvgIpc) is 2.40. The molecule has 0 bridgehead atoms. The molecule has 1 atom stereocenters. The van der Waals surface area contributed by atoms with Crippen molar-refractivity contribution in [2.75, 3.05) is 52.0 Å². The first kappa shape index (κ1) is 17.2. The number of nitrogens with zero attached hydrogens (tertiary/aromatic N) is 1. The summed E-state index contributed by atoms with van der Waals surface area (Å²) < 4.78 is 10.0. The van der Waals surface area contributed by atoms with E-state index >= 15 is 0 Å². The highest BCUT2D eigenvalue weighted by atomic mass is 16.5. The zero-order valence-electron chi connectivity index (χ0n) is 12.6. The van der Waals surface area contributed by atoms with Gasteiger partial charge in [-0.25, -0.2) is 0 Å². The van der Waals surface area contributed by atoms with E-state index in [4.69, 9.17) is 15.2 Å². The largest absolute Gasteiger partial charge is 0.494 e. The molecule has 4 N–H and O–H groups in total. The minimum Gasteiger partial charge on any atom is -0.494 e. The van der Waals surface area contributed by atoms with Gasteiger partial charge in [-0.2, -0.15) is 0 Å². The number of nitrogens with one attached hydrogen (secondary N) is 1. The highest BCUT2D eigenvalue weighted by molar-refractivity contribution is 5.94. The van der Waals surface area contributed by atoms with Crippen LogP contribution < -0.4 is 15.8 Å². The summed E-state index contributed by atoms with van der Waals surface area (Å²) >= 11 is 0. The standard InChI is InChI=1S/C14H23N3O4/c1-17(7-11(18)9-20-2)8-14(19)16-12-5-4-10(15)6-13(12)21-3/h4-6,11,18H,7-9,15H2,1-3H3,(H,16,19). The Morgan fingerprint density at radius 1 is 1.48 bits per heavy atom. The fourth-order valence-electron chi connectivity index (χ4n) is 1.92. The van der Waals surface area contributed by atoms with Gasteiger partial charge in [0, 0.05) is 25.4 Å². The van der Waals surface area contributed by atoms with Gasteiger partial charge < -0.3 is 25.6 Å². The van der Waals surface area contributed by atoms with E-state index in [1.807, 2.05) is 0 Å². The van der Waals surface area contributed by atoms with Crippen molar-refractivity contribution in [3.63, 3.8) is 0 Å². The minimum absolute atomic E-state index is 0.147. The number of aliphatic hydroxyl groups is 1. The first-order valence-corrected chi connectivity index (χ1v) is 6.55. The van der Waals surface area contributed by atoms with Gasteiger partial charge >= 0.3 is 0 Å². The molecule has 7 heteroatoms. The Morgan fingerprint density at radius 3 is 2.81 bits per heavy atom. The highest BCUT2D eigenvalue weighted by Gasteiger charge is 2.13. The third-order valence-corrected chi connectivity index (χ3v) is 2.79. The molecule has 1 aromatic carbocycles. The van der Waals surface area contributed by atoms with Gasteiger partial charge in [0.15, 0.2) is 0 Å². The number of nitrogens with two attached hydrogens (primary N) is 1. The van der Waals surface area contributed by atoms with E-state index in [0.29, 0.717) is 23.7 Å². The van der Waals surface area contributed by atoms with Gasteiger partial charge in [0.05, 0.1) is 32.1 Å². The van der Waals surface area contributed by atoms with Gasteiger partial charge in [0.2, 0.25) is 5.91 Å². The Morgan fingerprint density at radius 2 is 2.19 bits per heavy atom. The number of hydrogen-bond donors (Lipinski definition) is 3. The van der Waals surface area contributed by atoms with Crippen LogP contribution in [-0.2, 0) is 9.53 Å². The molecule has 0 aliphatic carbocycles.